The third-order valence-corrected chi connectivity index (χ3v) is 2.82. The number of rotatable bonds is 3. The van der Waals surface area contributed by atoms with E-state index in [9.17, 15) is 4.79 Å². The Morgan fingerprint density at radius 2 is 2.00 bits per heavy atom. The number of nitrogens with zero attached hydrogens (tertiary/aromatic N) is 1. The number of carboxylic acid groups (broad SMARTS) is 1. The Balaban J connectivity index is 3.34. The van der Waals surface area contributed by atoms with E-state index < -0.39 is 6.09 Å². The molecule has 4 nitrogen and oxygen atoms in total. The van der Waals surface area contributed by atoms with Gasteiger partial charge in [0.2, 0.25) is 0 Å². The molecule has 0 heterocycles. The summed E-state index contributed by atoms with van der Waals surface area (Å²) in [6.07, 6.45) is -0.965. The summed E-state index contributed by atoms with van der Waals surface area (Å²) in [6.45, 7) is 5.98. The van der Waals surface area contributed by atoms with Crippen molar-refractivity contribution in [2.45, 2.75) is 26.7 Å². The molecule has 0 unspecified atom stereocenters. The molecule has 0 radical (unpaired) electrons. The largest absolute Gasteiger partial charge is 0.496 e. The molecule has 0 spiro atoms. The van der Waals surface area contributed by atoms with Crippen molar-refractivity contribution in [3.63, 3.8) is 0 Å². The zero-order chi connectivity index (χ0) is 13.2. The average Bonchev–Trinajstić information content (AvgIpc) is 2.27. The van der Waals surface area contributed by atoms with Crippen LogP contribution in [0.4, 0.5) is 10.5 Å². The summed E-state index contributed by atoms with van der Waals surface area (Å²) in [5.74, 6) is 1.09. The first-order chi connectivity index (χ1) is 7.88. The minimum Gasteiger partial charge on any atom is -0.496 e. The standard InChI is InChI=1S/C13H19NO3/c1-8(2)10-7-11(14(4)13(15)16)9(3)6-12(10)17-5/h6-8H,1-5H3,(H,15,16). The second kappa shape index (κ2) is 5.08. The zero-order valence-electron chi connectivity index (χ0n) is 10.9. The van der Waals surface area contributed by atoms with Crippen molar-refractivity contribution in [3.05, 3.63) is 23.3 Å². The van der Waals surface area contributed by atoms with Crippen molar-refractivity contribution in [2.75, 3.05) is 19.1 Å². The van der Waals surface area contributed by atoms with Crippen molar-refractivity contribution >= 4 is 11.8 Å². The Labute approximate surface area is 102 Å². The molecular weight excluding hydrogens is 218 g/mol. The van der Waals surface area contributed by atoms with E-state index in [0.29, 0.717) is 5.69 Å². The fraction of sp³-hybridized carbons (Fsp3) is 0.462. The maximum atomic E-state index is 11.0. The second-order valence-electron chi connectivity index (χ2n) is 4.38. The Kier molecular flexibility index (Phi) is 3.99. The van der Waals surface area contributed by atoms with Crippen molar-refractivity contribution in [1.29, 1.82) is 0 Å². The molecule has 0 saturated heterocycles. The first kappa shape index (κ1) is 13.4. The van der Waals surface area contributed by atoms with Crippen LogP contribution in [-0.4, -0.2) is 25.4 Å². The first-order valence-electron chi connectivity index (χ1n) is 5.53. The van der Waals surface area contributed by atoms with Crippen LogP contribution in [0.1, 0.15) is 30.9 Å². The summed E-state index contributed by atoms with van der Waals surface area (Å²) in [5.41, 5.74) is 2.60. The van der Waals surface area contributed by atoms with Crippen molar-refractivity contribution < 1.29 is 14.6 Å². The molecular formula is C13H19NO3. The van der Waals surface area contributed by atoms with E-state index in [1.165, 1.54) is 4.90 Å². The lowest BCUT2D eigenvalue weighted by Crippen LogP contribution is -2.24. The molecule has 1 aromatic carbocycles. The summed E-state index contributed by atoms with van der Waals surface area (Å²) in [5, 5.41) is 9.01. The third kappa shape index (κ3) is 2.70. The highest BCUT2D eigenvalue weighted by Gasteiger charge is 2.16. The highest BCUT2D eigenvalue weighted by Crippen LogP contribution is 2.33. The predicted octanol–water partition coefficient (Wildman–Crippen LogP) is 3.24. The topological polar surface area (TPSA) is 49.8 Å². The lowest BCUT2D eigenvalue weighted by Gasteiger charge is -2.20. The van der Waals surface area contributed by atoms with Gasteiger partial charge < -0.3 is 9.84 Å². The van der Waals surface area contributed by atoms with Crippen LogP contribution >= 0.6 is 0 Å². The molecule has 0 saturated carbocycles. The van der Waals surface area contributed by atoms with Gasteiger partial charge in [-0.05, 0) is 36.1 Å². The van der Waals surface area contributed by atoms with E-state index >= 15 is 0 Å². The van der Waals surface area contributed by atoms with Crippen molar-refractivity contribution in [1.82, 2.24) is 0 Å². The van der Waals surface area contributed by atoms with E-state index in [-0.39, 0.29) is 5.92 Å². The maximum Gasteiger partial charge on any atom is 0.411 e. The van der Waals surface area contributed by atoms with Gasteiger partial charge in [-0.3, -0.25) is 4.90 Å². The molecule has 0 aromatic heterocycles. The minimum absolute atomic E-state index is 0.284. The average molecular weight is 237 g/mol. The van der Waals surface area contributed by atoms with Crippen molar-refractivity contribution in [3.8, 4) is 5.75 Å². The number of anilines is 1. The van der Waals surface area contributed by atoms with Crippen LogP contribution in [0.15, 0.2) is 12.1 Å². The quantitative estimate of drug-likeness (QED) is 0.878. The van der Waals surface area contributed by atoms with Gasteiger partial charge in [-0.25, -0.2) is 4.79 Å². The molecule has 0 atom stereocenters. The van der Waals surface area contributed by atoms with Crippen molar-refractivity contribution in [2.24, 2.45) is 0 Å². The molecule has 0 aliphatic rings. The number of hydrogen-bond acceptors (Lipinski definition) is 2. The third-order valence-electron chi connectivity index (χ3n) is 2.82. The van der Waals surface area contributed by atoms with Gasteiger partial charge in [0.15, 0.2) is 0 Å². The highest BCUT2D eigenvalue weighted by atomic mass is 16.5. The first-order valence-corrected chi connectivity index (χ1v) is 5.53. The number of benzene rings is 1. The fourth-order valence-electron chi connectivity index (χ4n) is 1.78. The molecule has 17 heavy (non-hydrogen) atoms. The lowest BCUT2D eigenvalue weighted by molar-refractivity contribution is 0.203. The van der Waals surface area contributed by atoms with E-state index in [0.717, 1.165) is 16.9 Å². The molecule has 1 rings (SSSR count). The summed E-state index contributed by atoms with van der Waals surface area (Å²) in [7, 11) is 3.17. The Hall–Kier alpha value is -1.71. The van der Waals surface area contributed by atoms with Gasteiger partial charge in [0, 0.05) is 7.05 Å². The number of carbonyl (C=O) groups is 1. The van der Waals surface area contributed by atoms with Crippen LogP contribution in [0.5, 0.6) is 5.75 Å². The molecule has 0 aliphatic carbocycles. The molecule has 94 valence electrons. The normalized spacial score (nSPS) is 10.5. The second-order valence-corrected chi connectivity index (χ2v) is 4.38. The number of aryl methyl sites for hydroxylation is 1. The number of hydrogen-bond donors (Lipinski definition) is 1. The molecule has 0 bridgehead atoms. The van der Waals surface area contributed by atoms with Crippen LogP contribution in [0.25, 0.3) is 0 Å². The lowest BCUT2D eigenvalue weighted by atomic mass is 9.99. The fourth-order valence-corrected chi connectivity index (χ4v) is 1.78. The van der Waals surface area contributed by atoms with Crippen LogP contribution in [-0.2, 0) is 0 Å². The van der Waals surface area contributed by atoms with Crippen LogP contribution in [0.2, 0.25) is 0 Å². The monoisotopic (exact) mass is 237 g/mol. The summed E-state index contributed by atoms with van der Waals surface area (Å²) < 4.78 is 5.32. The zero-order valence-corrected chi connectivity index (χ0v) is 10.9. The number of amides is 1. The van der Waals surface area contributed by atoms with Gasteiger partial charge in [-0.15, -0.1) is 0 Å². The van der Waals surface area contributed by atoms with E-state index in [4.69, 9.17) is 9.84 Å². The summed E-state index contributed by atoms with van der Waals surface area (Å²) >= 11 is 0. The van der Waals surface area contributed by atoms with Gasteiger partial charge in [-0.1, -0.05) is 13.8 Å². The van der Waals surface area contributed by atoms with Gasteiger partial charge in [0.25, 0.3) is 0 Å². The van der Waals surface area contributed by atoms with Crippen LogP contribution in [0, 0.1) is 6.92 Å². The molecule has 1 N–H and O–H groups in total. The smallest absolute Gasteiger partial charge is 0.411 e. The molecule has 4 heteroatoms. The van der Waals surface area contributed by atoms with E-state index in [1.54, 1.807) is 14.2 Å². The Morgan fingerprint density at radius 3 is 2.41 bits per heavy atom. The minimum atomic E-state index is -0.965. The Morgan fingerprint density at radius 1 is 1.41 bits per heavy atom. The Bertz CT molecular complexity index is 427. The molecule has 0 fully saturated rings. The molecule has 1 aromatic rings. The predicted molar refractivity (Wildman–Crippen MR) is 68.2 cm³/mol. The van der Waals surface area contributed by atoms with E-state index in [1.807, 2.05) is 19.1 Å². The summed E-state index contributed by atoms with van der Waals surface area (Å²) in [4.78, 5) is 12.2. The summed E-state index contributed by atoms with van der Waals surface area (Å²) in [6, 6.07) is 3.76. The SMILES string of the molecule is COc1cc(C)c(N(C)C(=O)O)cc1C(C)C. The molecule has 0 aliphatic heterocycles. The molecule has 1 amide bonds. The van der Waals surface area contributed by atoms with Gasteiger partial charge in [0.05, 0.1) is 12.8 Å². The maximum absolute atomic E-state index is 11.0. The van der Waals surface area contributed by atoms with Gasteiger partial charge in [-0.2, -0.15) is 0 Å². The van der Waals surface area contributed by atoms with E-state index in [2.05, 4.69) is 13.8 Å². The highest BCUT2D eigenvalue weighted by molar-refractivity contribution is 5.86. The van der Waals surface area contributed by atoms with Crippen LogP contribution in [0.3, 0.4) is 0 Å². The number of methoxy groups -OCH3 is 1. The number of ether oxygens (including phenoxy) is 1. The van der Waals surface area contributed by atoms with Crippen LogP contribution < -0.4 is 9.64 Å². The van der Waals surface area contributed by atoms with Gasteiger partial charge >= 0.3 is 6.09 Å². The van der Waals surface area contributed by atoms with Gasteiger partial charge in [0.1, 0.15) is 5.75 Å².